The lowest BCUT2D eigenvalue weighted by atomic mass is 10.1. The van der Waals surface area contributed by atoms with E-state index < -0.39 is 11.9 Å². The third-order valence-corrected chi connectivity index (χ3v) is 3.32. The molecule has 0 aromatic rings. The number of hydrogen-bond acceptors (Lipinski definition) is 3. The Bertz CT molecular complexity index is 411. The Morgan fingerprint density at radius 1 is 1.32 bits per heavy atom. The lowest BCUT2D eigenvalue weighted by Gasteiger charge is -2.24. The molecule has 3 amide bonds. The predicted octanol–water partition coefficient (Wildman–Crippen LogP) is -0.406. The first-order chi connectivity index (χ1) is 9.04. The van der Waals surface area contributed by atoms with Crippen LogP contribution in [0.1, 0.15) is 19.3 Å². The van der Waals surface area contributed by atoms with Gasteiger partial charge in [-0.3, -0.25) is 9.59 Å². The molecule has 1 heterocycles. The van der Waals surface area contributed by atoms with Crippen LogP contribution >= 0.6 is 0 Å². The average molecular weight is 267 g/mol. The molecule has 3 unspecified atom stereocenters. The molecule has 4 N–H and O–H groups in total. The van der Waals surface area contributed by atoms with Crippen molar-refractivity contribution in [2.24, 2.45) is 5.92 Å². The van der Waals surface area contributed by atoms with Crippen molar-refractivity contribution in [3.63, 3.8) is 0 Å². The molecule has 0 aromatic heterocycles. The van der Waals surface area contributed by atoms with Gasteiger partial charge < -0.3 is 21.1 Å². The van der Waals surface area contributed by atoms with Crippen molar-refractivity contribution in [2.45, 2.75) is 31.3 Å². The summed E-state index contributed by atoms with van der Waals surface area (Å²) in [5, 5.41) is 17.0. The number of nitrogens with one attached hydrogen (secondary N) is 3. The number of hydrogen-bond donors (Lipinski definition) is 4. The van der Waals surface area contributed by atoms with Crippen LogP contribution < -0.4 is 16.0 Å². The molecule has 7 nitrogen and oxygen atoms in total. The van der Waals surface area contributed by atoms with Crippen LogP contribution in [0.2, 0.25) is 0 Å². The molecular weight excluding hydrogens is 250 g/mol. The zero-order valence-electron chi connectivity index (χ0n) is 10.4. The van der Waals surface area contributed by atoms with Gasteiger partial charge in [0.2, 0.25) is 5.91 Å². The summed E-state index contributed by atoms with van der Waals surface area (Å²) < 4.78 is 0. The number of aliphatic carboxylic acids is 1. The number of amides is 3. The van der Waals surface area contributed by atoms with E-state index in [1.165, 1.54) is 0 Å². The number of carbonyl (C=O) groups is 3. The van der Waals surface area contributed by atoms with Crippen LogP contribution in [0.3, 0.4) is 0 Å². The standard InChI is InChI=1S/C12H17N3O4/c16-10-4-3-9(6-13-10)15-12(19)14-8-2-1-7(5-8)11(17)18/h1-2,7-9H,3-6H2,(H,13,16)(H,17,18)(H2,14,15,19). The molecule has 1 aliphatic heterocycles. The first kappa shape index (κ1) is 13.4. The minimum absolute atomic E-state index is 0.00137. The summed E-state index contributed by atoms with van der Waals surface area (Å²) in [6, 6.07) is -0.653. The largest absolute Gasteiger partial charge is 0.481 e. The Morgan fingerprint density at radius 3 is 2.68 bits per heavy atom. The van der Waals surface area contributed by atoms with Crippen molar-refractivity contribution in [2.75, 3.05) is 6.54 Å². The number of carboxylic acids is 1. The van der Waals surface area contributed by atoms with Crippen molar-refractivity contribution in [1.82, 2.24) is 16.0 Å². The van der Waals surface area contributed by atoms with Gasteiger partial charge in [0.15, 0.2) is 0 Å². The van der Waals surface area contributed by atoms with Gasteiger partial charge in [-0.05, 0) is 12.8 Å². The lowest BCUT2D eigenvalue weighted by molar-refractivity contribution is -0.140. The van der Waals surface area contributed by atoms with Crippen molar-refractivity contribution >= 4 is 17.9 Å². The summed E-state index contributed by atoms with van der Waals surface area (Å²) in [6.45, 7) is 0.435. The highest BCUT2D eigenvalue weighted by Crippen LogP contribution is 2.17. The summed E-state index contributed by atoms with van der Waals surface area (Å²) in [6.07, 6.45) is 4.70. The maximum absolute atomic E-state index is 11.7. The van der Waals surface area contributed by atoms with Gasteiger partial charge in [0, 0.05) is 19.0 Å². The molecule has 0 bridgehead atoms. The van der Waals surface area contributed by atoms with Crippen LogP contribution in [0.5, 0.6) is 0 Å². The zero-order chi connectivity index (χ0) is 13.8. The molecule has 0 radical (unpaired) electrons. The monoisotopic (exact) mass is 267 g/mol. The van der Waals surface area contributed by atoms with Crippen molar-refractivity contribution in [3.05, 3.63) is 12.2 Å². The molecule has 1 fully saturated rings. The summed E-state index contributed by atoms with van der Waals surface area (Å²) in [4.78, 5) is 33.4. The molecule has 19 heavy (non-hydrogen) atoms. The van der Waals surface area contributed by atoms with Gasteiger partial charge in [-0.25, -0.2) is 4.79 Å². The van der Waals surface area contributed by atoms with E-state index in [0.29, 0.717) is 25.8 Å². The molecule has 2 aliphatic rings. The van der Waals surface area contributed by atoms with Gasteiger partial charge in [0.1, 0.15) is 0 Å². The summed E-state index contributed by atoms with van der Waals surface area (Å²) in [5.41, 5.74) is 0. The summed E-state index contributed by atoms with van der Waals surface area (Å²) in [7, 11) is 0. The third kappa shape index (κ3) is 3.70. The third-order valence-electron chi connectivity index (χ3n) is 3.32. The Morgan fingerprint density at radius 2 is 2.11 bits per heavy atom. The van der Waals surface area contributed by atoms with Gasteiger partial charge in [-0.15, -0.1) is 0 Å². The van der Waals surface area contributed by atoms with Crippen LogP contribution in [-0.4, -0.2) is 41.6 Å². The molecule has 1 aliphatic carbocycles. The van der Waals surface area contributed by atoms with E-state index in [1.54, 1.807) is 12.2 Å². The second-order valence-electron chi connectivity index (χ2n) is 4.83. The zero-order valence-corrected chi connectivity index (χ0v) is 10.4. The predicted molar refractivity (Wildman–Crippen MR) is 66.4 cm³/mol. The minimum Gasteiger partial charge on any atom is -0.481 e. The van der Waals surface area contributed by atoms with Crippen LogP contribution in [0.4, 0.5) is 4.79 Å². The number of rotatable bonds is 3. The molecule has 104 valence electrons. The fourth-order valence-corrected chi connectivity index (χ4v) is 2.24. The summed E-state index contributed by atoms with van der Waals surface area (Å²) >= 11 is 0. The summed E-state index contributed by atoms with van der Waals surface area (Å²) in [5.74, 6) is -1.41. The van der Waals surface area contributed by atoms with Gasteiger partial charge in [-0.2, -0.15) is 0 Å². The molecule has 1 saturated heterocycles. The quantitative estimate of drug-likeness (QED) is 0.521. The average Bonchev–Trinajstić information content (AvgIpc) is 2.80. The Balaban J connectivity index is 1.72. The second kappa shape index (κ2) is 5.73. The lowest BCUT2D eigenvalue weighted by Crippen LogP contribution is -2.52. The van der Waals surface area contributed by atoms with Crippen LogP contribution in [0.15, 0.2) is 12.2 Å². The highest BCUT2D eigenvalue weighted by atomic mass is 16.4. The molecule has 2 rings (SSSR count). The second-order valence-corrected chi connectivity index (χ2v) is 4.83. The molecule has 0 spiro atoms. The SMILES string of the molecule is O=C1CCC(NC(=O)NC2C=CC(C(=O)O)C2)CN1. The maximum atomic E-state index is 11.7. The number of piperidine rings is 1. The smallest absolute Gasteiger partial charge is 0.315 e. The van der Waals surface area contributed by atoms with E-state index >= 15 is 0 Å². The van der Waals surface area contributed by atoms with E-state index in [9.17, 15) is 14.4 Å². The molecule has 7 heteroatoms. The van der Waals surface area contributed by atoms with Crippen LogP contribution in [0.25, 0.3) is 0 Å². The Labute approximate surface area is 110 Å². The minimum atomic E-state index is -0.879. The van der Waals surface area contributed by atoms with Crippen molar-refractivity contribution < 1.29 is 19.5 Å². The maximum Gasteiger partial charge on any atom is 0.315 e. The highest BCUT2D eigenvalue weighted by molar-refractivity contribution is 5.78. The van der Waals surface area contributed by atoms with E-state index in [4.69, 9.17) is 5.11 Å². The highest BCUT2D eigenvalue weighted by Gasteiger charge is 2.26. The fourth-order valence-electron chi connectivity index (χ4n) is 2.24. The van der Waals surface area contributed by atoms with E-state index in [0.717, 1.165) is 0 Å². The van der Waals surface area contributed by atoms with Crippen molar-refractivity contribution in [3.8, 4) is 0 Å². The first-order valence-corrected chi connectivity index (χ1v) is 6.29. The number of carboxylic acid groups (broad SMARTS) is 1. The first-order valence-electron chi connectivity index (χ1n) is 6.29. The molecular formula is C12H17N3O4. The fraction of sp³-hybridized carbons (Fsp3) is 0.583. The van der Waals surface area contributed by atoms with Gasteiger partial charge >= 0.3 is 12.0 Å². The van der Waals surface area contributed by atoms with E-state index in [1.807, 2.05) is 0 Å². The number of carbonyl (C=O) groups excluding carboxylic acids is 2. The van der Waals surface area contributed by atoms with Gasteiger partial charge in [-0.1, -0.05) is 12.2 Å². The number of urea groups is 1. The molecule has 0 saturated carbocycles. The van der Waals surface area contributed by atoms with Gasteiger partial charge in [0.05, 0.1) is 12.0 Å². The normalized spacial score (nSPS) is 29.7. The topological polar surface area (TPSA) is 108 Å². The van der Waals surface area contributed by atoms with Crippen LogP contribution in [0, 0.1) is 5.92 Å². The van der Waals surface area contributed by atoms with Gasteiger partial charge in [0.25, 0.3) is 0 Å². The van der Waals surface area contributed by atoms with Crippen LogP contribution in [-0.2, 0) is 9.59 Å². The Hall–Kier alpha value is -2.05. The Kier molecular flexibility index (Phi) is 4.03. The van der Waals surface area contributed by atoms with Crippen molar-refractivity contribution in [1.29, 1.82) is 0 Å². The van der Waals surface area contributed by atoms with E-state index in [-0.39, 0.29) is 24.0 Å². The van der Waals surface area contributed by atoms with E-state index in [2.05, 4.69) is 16.0 Å². The molecule has 3 atom stereocenters. The molecule has 0 aromatic carbocycles.